The van der Waals surface area contributed by atoms with E-state index in [0.29, 0.717) is 0 Å². The summed E-state index contributed by atoms with van der Waals surface area (Å²) in [6, 6.07) is 0.838. The number of aliphatic hydroxyl groups excluding tert-OH is 1. The zero-order valence-electron chi connectivity index (χ0n) is 7.13. The van der Waals surface area contributed by atoms with Crippen LogP contribution in [-0.4, -0.2) is 14.9 Å². The summed E-state index contributed by atoms with van der Waals surface area (Å²) in [5.41, 5.74) is -0.835. The lowest BCUT2D eigenvalue weighted by atomic mass is 10.2. The van der Waals surface area contributed by atoms with Gasteiger partial charge in [-0.1, -0.05) is 0 Å². The highest BCUT2D eigenvalue weighted by Gasteiger charge is 2.34. The molecule has 0 saturated heterocycles. The molecule has 0 aromatic carbocycles. The van der Waals surface area contributed by atoms with Gasteiger partial charge in [-0.05, 0) is 13.0 Å². The summed E-state index contributed by atoms with van der Waals surface area (Å²) < 4.78 is 37.3. The van der Waals surface area contributed by atoms with Crippen molar-refractivity contribution in [1.82, 2.24) is 9.78 Å². The van der Waals surface area contributed by atoms with Gasteiger partial charge in [-0.15, -0.1) is 0 Å². The molecule has 0 aliphatic heterocycles. The molecule has 1 heterocycles. The number of hydrogen-bond donors (Lipinski definition) is 1. The van der Waals surface area contributed by atoms with Gasteiger partial charge in [-0.2, -0.15) is 18.3 Å². The molecule has 0 aliphatic rings. The number of nitrogens with zero attached hydrogens (tertiary/aromatic N) is 2. The molecule has 74 valence electrons. The van der Waals surface area contributed by atoms with Crippen LogP contribution in [0.15, 0.2) is 6.07 Å². The fourth-order valence-corrected chi connectivity index (χ4v) is 1.01. The lowest BCUT2D eigenvalue weighted by molar-refractivity contribution is -0.141. The Kier molecular flexibility index (Phi) is 2.34. The van der Waals surface area contributed by atoms with E-state index < -0.39 is 18.0 Å². The minimum atomic E-state index is -4.45. The van der Waals surface area contributed by atoms with Crippen LogP contribution in [-0.2, 0) is 13.2 Å². The van der Waals surface area contributed by atoms with Crippen LogP contribution >= 0.6 is 0 Å². The molecule has 13 heavy (non-hydrogen) atoms. The van der Waals surface area contributed by atoms with Gasteiger partial charge in [0.05, 0.1) is 11.8 Å². The Labute approximate surface area is 72.8 Å². The van der Waals surface area contributed by atoms with Crippen LogP contribution in [0.25, 0.3) is 0 Å². The second-order valence-electron chi connectivity index (χ2n) is 2.75. The quantitative estimate of drug-likeness (QED) is 0.735. The van der Waals surface area contributed by atoms with Crippen LogP contribution < -0.4 is 0 Å². The van der Waals surface area contributed by atoms with Crippen molar-refractivity contribution < 1.29 is 18.3 Å². The van der Waals surface area contributed by atoms with Crippen molar-refractivity contribution >= 4 is 0 Å². The Morgan fingerprint density at radius 3 is 2.31 bits per heavy atom. The molecule has 0 radical (unpaired) electrons. The van der Waals surface area contributed by atoms with Crippen LogP contribution in [0, 0.1) is 0 Å². The molecule has 0 saturated carbocycles. The smallest absolute Gasteiger partial charge is 0.387 e. The number of aryl methyl sites for hydroxylation is 1. The number of alkyl halides is 3. The summed E-state index contributed by atoms with van der Waals surface area (Å²) in [6.07, 6.45) is -5.40. The van der Waals surface area contributed by atoms with Crippen molar-refractivity contribution in [1.29, 1.82) is 0 Å². The van der Waals surface area contributed by atoms with E-state index in [0.717, 1.165) is 10.7 Å². The normalized spacial score (nSPS) is 14.6. The second kappa shape index (κ2) is 3.02. The molecule has 1 aromatic rings. The Morgan fingerprint density at radius 2 is 2.08 bits per heavy atom. The summed E-state index contributed by atoms with van der Waals surface area (Å²) >= 11 is 0. The fourth-order valence-electron chi connectivity index (χ4n) is 1.01. The highest BCUT2D eigenvalue weighted by molar-refractivity contribution is 5.14. The SMILES string of the molecule is CC(O)c1cc(C(F)(F)F)nn1C. The summed E-state index contributed by atoms with van der Waals surface area (Å²) in [5.74, 6) is 0. The zero-order valence-corrected chi connectivity index (χ0v) is 7.13. The first kappa shape index (κ1) is 10.0. The minimum Gasteiger partial charge on any atom is -0.387 e. The van der Waals surface area contributed by atoms with E-state index in [2.05, 4.69) is 5.10 Å². The van der Waals surface area contributed by atoms with E-state index in [1.54, 1.807) is 0 Å². The molecule has 1 atom stereocenters. The lowest BCUT2D eigenvalue weighted by Gasteiger charge is -2.02. The van der Waals surface area contributed by atoms with E-state index >= 15 is 0 Å². The molecule has 0 fully saturated rings. The molecule has 3 nitrogen and oxygen atoms in total. The van der Waals surface area contributed by atoms with Gasteiger partial charge in [0.15, 0.2) is 5.69 Å². The Morgan fingerprint density at radius 1 is 1.54 bits per heavy atom. The first-order valence-corrected chi connectivity index (χ1v) is 3.61. The molecule has 1 unspecified atom stereocenters. The van der Waals surface area contributed by atoms with Crippen molar-refractivity contribution in [2.24, 2.45) is 7.05 Å². The third-order valence-electron chi connectivity index (χ3n) is 1.63. The van der Waals surface area contributed by atoms with Crippen LogP contribution in [0.5, 0.6) is 0 Å². The van der Waals surface area contributed by atoms with E-state index in [-0.39, 0.29) is 5.69 Å². The molecule has 0 spiro atoms. The highest BCUT2D eigenvalue weighted by Crippen LogP contribution is 2.29. The third-order valence-corrected chi connectivity index (χ3v) is 1.63. The van der Waals surface area contributed by atoms with Crippen molar-refractivity contribution in [3.05, 3.63) is 17.5 Å². The number of hydrogen-bond acceptors (Lipinski definition) is 2. The first-order valence-electron chi connectivity index (χ1n) is 3.61. The molecule has 0 amide bonds. The Hall–Kier alpha value is -1.04. The average molecular weight is 194 g/mol. The van der Waals surface area contributed by atoms with E-state index in [9.17, 15) is 13.2 Å². The molecule has 0 bridgehead atoms. The Bertz CT molecular complexity index is 303. The van der Waals surface area contributed by atoms with E-state index in [4.69, 9.17) is 5.11 Å². The van der Waals surface area contributed by atoms with Crippen molar-refractivity contribution in [3.8, 4) is 0 Å². The summed E-state index contributed by atoms with van der Waals surface area (Å²) in [4.78, 5) is 0. The molecule has 1 rings (SSSR count). The van der Waals surface area contributed by atoms with Crippen LogP contribution in [0.1, 0.15) is 24.4 Å². The highest BCUT2D eigenvalue weighted by atomic mass is 19.4. The monoisotopic (exact) mass is 194 g/mol. The van der Waals surface area contributed by atoms with E-state index in [1.807, 2.05) is 0 Å². The van der Waals surface area contributed by atoms with Gasteiger partial charge in [0.2, 0.25) is 0 Å². The van der Waals surface area contributed by atoms with Crippen LogP contribution in [0.3, 0.4) is 0 Å². The van der Waals surface area contributed by atoms with Crippen molar-refractivity contribution in [2.45, 2.75) is 19.2 Å². The third kappa shape index (κ3) is 2.00. The first-order chi connectivity index (χ1) is 5.82. The van der Waals surface area contributed by atoms with Gasteiger partial charge in [-0.3, -0.25) is 4.68 Å². The van der Waals surface area contributed by atoms with Crippen LogP contribution in [0.2, 0.25) is 0 Å². The summed E-state index contributed by atoms with van der Waals surface area (Å²) in [7, 11) is 1.36. The fraction of sp³-hybridized carbons (Fsp3) is 0.571. The molecule has 6 heteroatoms. The Balaban J connectivity index is 3.10. The van der Waals surface area contributed by atoms with Crippen molar-refractivity contribution in [2.75, 3.05) is 0 Å². The van der Waals surface area contributed by atoms with Crippen molar-refractivity contribution in [3.63, 3.8) is 0 Å². The molecule has 1 aromatic heterocycles. The van der Waals surface area contributed by atoms with Gasteiger partial charge in [0, 0.05) is 7.05 Å². The summed E-state index contributed by atoms with van der Waals surface area (Å²) in [5, 5.41) is 12.3. The van der Waals surface area contributed by atoms with Gasteiger partial charge < -0.3 is 5.11 Å². The molecular formula is C7H9F3N2O. The molecular weight excluding hydrogens is 185 g/mol. The maximum atomic E-state index is 12.1. The average Bonchev–Trinajstić information content (AvgIpc) is 2.29. The lowest BCUT2D eigenvalue weighted by Crippen LogP contribution is -2.06. The summed E-state index contributed by atoms with van der Waals surface area (Å²) in [6.45, 7) is 1.39. The zero-order chi connectivity index (χ0) is 10.2. The molecule has 0 aliphatic carbocycles. The second-order valence-corrected chi connectivity index (χ2v) is 2.75. The molecule has 1 N–H and O–H groups in total. The maximum absolute atomic E-state index is 12.1. The van der Waals surface area contributed by atoms with Gasteiger partial charge in [-0.25, -0.2) is 0 Å². The number of aliphatic hydroxyl groups is 1. The number of halogens is 3. The topological polar surface area (TPSA) is 38.1 Å². The number of aromatic nitrogens is 2. The number of rotatable bonds is 1. The minimum absolute atomic E-state index is 0.146. The largest absolute Gasteiger partial charge is 0.435 e. The van der Waals surface area contributed by atoms with Gasteiger partial charge in [0.25, 0.3) is 0 Å². The van der Waals surface area contributed by atoms with E-state index in [1.165, 1.54) is 14.0 Å². The van der Waals surface area contributed by atoms with Gasteiger partial charge >= 0.3 is 6.18 Å². The maximum Gasteiger partial charge on any atom is 0.435 e. The predicted molar refractivity (Wildman–Crippen MR) is 38.8 cm³/mol. The predicted octanol–water partition coefficient (Wildman–Crippen LogP) is 1.49. The van der Waals surface area contributed by atoms with Crippen LogP contribution in [0.4, 0.5) is 13.2 Å². The standard InChI is InChI=1S/C7H9F3N2O/c1-4(13)5-3-6(7(8,9)10)11-12(5)2/h3-4,13H,1-2H3. The van der Waals surface area contributed by atoms with Gasteiger partial charge in [0.1, 0.15) is 0 Å².